The Balaban J connectivity index is 2.29. The monoisotopic (exact) mass is 263 g/mol. The quantitative estimate of drug-likeness (QED) is 0.796. The Morgan fingerprint density at radius 3 is 2.61 bits per heavy atom. The van der Waals surface area contributed by atoms with E-state index in [-0.39, 0.29) is 12.1 Å². The molecule has 0 aliphatic heterocycles. The van der Waals surface area contributed by atoms with Crippen LogP contribution in [0.4, 0.5) is 0 Å². The predicted molar refractivity (Wildman–Crippen MR) is 68.7 cm³/mol. The molecule has 0 fully saturated rings. The van der Waals surface area contributed by atoms with Crippen LogP contribution in [0.25, 0.3) is 0 Å². The van der Waals surface area contributed by atoms with Gasteiger partial charge in [0.15, 0.2) is 0 Å². The number of rotatable bonds is 4. The highest BCUT2D eigenvalue weighted by atomic mass is 32.1. The largest absolute Gasteiger partial charge is 0.465 e. The Labute approximate surface area is 109 Å². The molecule has 1 aromatic carbocycles. The molecule has 0 amide bonds. The van der Waals surface area contributed by atoms with Crippen LogP contribution >= 0.6 is 11.3 Å². The van der Waals surface area contributed by atoms with Gasteiger partial charge in [0.05, 0.1) is 13.3 Å². The third-order valence-corrected chi connectivity index (χ3v) is 3.49. The Hall–Kier alpha value is -1.72. The Kier molecular flexibility index (Phi) is 4.07. The summed E-state index contributed by atoms with van der Waals surface area (Å²) in [6.07, 6.45) is 1.26. The zero-order valence-corrected chi connectivity index (χ0v) is 10.9. The van der Waals surface area contributed by atoms with Crippen LogP contribution in [-0.2, 0) is 9.47 Å². The maximum Gasteiger partial charge on any atom is 0.349 e. The molecule has 2 rings (SSSR count). The minimum Gasteiger partial charge on any atom is -0.465 e. The molecule has 1 atom stereocenters. The SMILES string of the molecule is COC(=O)c1cnc(C(OC)c2ccccc2)s1. The van der Waals surface area contributed by atoms with Crippen LogP contribution in [0.3, 0.4) is 0 Å². The van der Waals surface area contributed by atoms with Gasteiger partial charge in [0.2, 0.25) is 0 Å². The van der Waals surface area contributed by atoms with Crippen molar-refractivity contribution in [2.45, 2.75) is 6.10 Å². The lowest BCUT2D eigenvalue weighted by molar-refractivity contribution is 0.0606. The van der Waals surface area contributed by atoms with Crippen LogP contribution in [-0.4, -0.2) is 25.2 Å². The maximum absolute atomic E-state index is 11.4. The summed E-state index contributed by atoms with van der Waals surface area (Å²) in [6, 6.07) is 9.76. The van der Waals surface area contributed by atoms with Crippen LogP contribution in [0.1, 0.15) is 26.3 Å². The molecule has 94 valence electrons. The fraction of sp³-hybridized carbons (Fsp3) is 0.231. The van der Waals surface area contributed by atoms with E-state index in [9.17, 15) is 4.79 Å². The summed E-state index contributed by atoms with van der Waals surface area (Å²) < 4.78 is 10.1. The van der Waals surface area contributed by atoms with E-state index < -0.39 is 0 Å². The number of thiazole rings is 1. The topological polar surface area (TPSA) is 48.4 Å². The highest BCUT2D eigenvalue weighted by Gasteiger charge is 2.19. The number of ether oxygens (including phenoxy) is 2. The second-order valence-corrected chi connectivity index (χ2v) is 4.64. The van der Waals surface area contributed by atoms with Gasteiger partial charge >= 0.3 is 5.97 Å². The van der Waals surface area contributed by atoms with Gasteiger partial charge in [-0.25, -0.2) is 9.78 Å². The van der Waals surface area contributed by atoms with Crippen LogP contribution in [0.15, 0.2) is 36.5 Å². The van der Waals surface area contributed by atoms with Crippen LogP contribution in [0.5, 0.6) is 0 Å². The fourth-order valence-electron chi connectivity index (χ4n) is 1.61. The number of benzene rings is 1. The molecule has 0 bridgehead atoms. The number of carbonyl (C=O) groups excluding carboxylic acids is 1. The fourth-order valence-corrected chi connectivity index (χ4v) is 2.55. The lowest BCUT2D eigenvalue weighted by Gasteiger charge is -2.12. The molecule has 2 aromatic rings. The summed E-state index contributed by atoms with van der Waals surface area (Å²) in [6.45, 7) is 0. The first-order valence-electron chi connectivity index (χ1n) is 5.38. The van der Waals surface area contributed by atoms with E-state index in [0.29, 0.717) is 4.88 Å². The van der Waals surface area contributed by atoms with Crippen LogP contribution in [0, 0.1) is 0 Å². The molecule has 0 aliphatic carbocycles. The summed E-state index contributed by atoms with van der Waals surface area (Å²) in [5.74, 6) is -0.373. The maximum atomic E-state index is 11.4. The van der Waals surface area contributed by atoms with E-state index in [1.54, 1.807) is 7.11 Å². The Morgan fingerprint density at radius 1 is 1.28 bits per heavy atom. The molecule has 0 saturated carbocycles. The van der Waals surface area contributed by atoms with Crippen molar-refractivity contribution < 1.29 is 14.3 Å². The summed E-state index contributed by atoms with van der Waals surface area (Å²) in [4.78, 5) is 16.1. The van der Waals surface area contributed by atoms with E-state index in [1.165, 1.54) is 24.6 Å². The summed E-state index contributed by atoms with van der Waals surface area (Å²) in [5, 5.41) is 0.740. The lowest BCUT2D eigenvalue weighted by atomic mass is 10.1. The summed E-state index contributed by atoms with van der Waals surface area (Å²) in [7, 11) is 2.98. The molecule has 0 N–H and O–H groups in total. The van der Waals surface area contributed by atoms with Crippen molar-refractivity contribution in [1.29, 1.82) is 0 Å². The molecular weight excluding hydrogens is 250 g/mol. The van der Waals surface area contributed by atoms with Crippen molar-refractivity contribution in [3.05, 3.63) is 52.0 Å². The first-order valence-corrected chi connectivity index (χ1v) is 6.19. The molecule has 5 heteroatoms. The number of hydrogen-bond acceptors (Lipinski definition) is 5. The number of methoxy groups -OCH3 is 2. The second-order valence-electron chi connectivity index (χ2n) is 3.58. The van der Waals surface area contributed by atoms with Gasteiger partial charge in [-0.1, -0.05) is 30.3 Å². The highest BCUT2D eigenvalue weighted by molar-refractivity contribution is 7.13. The zero-order chi connectivity index (χ0) is 13.0. The molecule has 0 saturated heterocycles. The van der Waals surface area contributed by atoms with Crippen molar-refractivity contribution in [2.24, 2.45) is 0 Å². The summed E-state index contributed by atoms with van der Waals surface area (Å²) >= 11 is 1.28. The van der Waals surface area contributed by atoms with Gasteiger partial charge in [-0.15, -0.1) is 11.3 Å². The number of nitrogens with zero attached hydrogens (tertiary/aromatic N) is 1. The molecule has 18 heavy (non-hydrogen) atoms. The molecular formula is C13H13NO3S. The third-order valence-electron chi connectivity index (χ3n) is 2.47. The standard InChI is InChI=1S/C13H13NO3S/c1-16-11(9-6-4-3-5-7-9)12-14-8-10(18-12)13(15)17-2/h3-8,11H,1-2H3. The minimum atomic E-state index is -0.373. The van der Waals surface area contributed by atoms with E-state index >= 15 is 0 Å². The van der Waals surface area contributed by atoms with Crippen molar-refractivity contribution in [3.8, 4) is 0 Å². The number of hydrogen-bond donors (Lipinski definition) is 0. The van der Waals surface area contributed by atoms with E-state index in [2.05, 4.69) is 9.72 Å². The van der Waals surface area contributed by atoms with Crippen molar-refractivity contribution in [3.63, 3.8) is 0 Å². The first kappa shape index (κ1) is 12.7. The van der Waals surface area contributed by atoms with Gasteiger partial charge in [-0.3, -0.25) is 0 Å². The van der Waals surface area contributed by atoms with Crippen LogP contribution < -0.4 is 0 Å². The normalized spacial score (nSPS) is 12.1. The summed E-state index contributed by atoms with van der Waals surface area (Å²) in [5.41, 5.74) is 1.01. The third kappa shape index (κ3) is 2.57. The minimum absolute atomic E-state index is 0.255. The number of aromatic nitrogens is 1. The highest BCUT2D eigenvalue weighted by Crippen LogP contribution is 2.28. The predicted octanol–water partition coefficient (Wildman–Crippen LogP) is 2.67. The molecule has 0 radical (unpaired) electrons. The van der Waals surface area contributed by atoms with Gasteiger partial charge in [0, 0.05) is 7.11 Å². The molecule has 4 nitrogen and oxygen atoms in total. The molecule has 1 unspecified atom stereocenters. The van der Waals surface area contributed by atoms with Gasteiger partial charge in [-0.05, 0) is 5.56 Å². The van der Waals surface area contributed by atoms with E-state index in [4.69, 9.17) is 4.74 Å². The first-order chi connectivity index (χ1) is 8.76. The Bertz CT molecular complexity index is 524. The van der Waals surface area contributed by atoms with Crippen LogP contribution in [0.2, 0.25) is 0 Å². The smallest absolute Gasteiger partial charge is 0.349 e. The molecule has 0 aliphatic rings. The average Bonchev–Trinajstić information content (AvgIpc) is 2.89. The second kappa shape index (κ2) is 5.75. The lowest BCUT2D eigenvalue weighted by Crippen LogP contribution is -2.02. The number of carbonyl (C=O) groups is 1. The molecule has 0 spiro atoms. The average molecular weight is 263 g/mol. The molecule has 1 aromatic heterocycles. The van der Waals surface area contributed by atoms with Gasteiger partial charge in [-0.2, -0.15) is 0 Å². The number of esters is 1. The zero-order valence-electron chi connectivity index (χ0n) is 10.1. The van der Waals surface area contributed by atoms with Crippen molar-refractivity contribution in [2.75, 3.05) is 14.2 Å². The van der Waals surface area contributed by atoms with E-state index in [1.807, 2.05) is 30.3 Å². The molecule has 1 heterocycles. The Morgan fingerprint density at radius 2 is 2.00 bits per heavy atom. The van der Waals surface area contributed by atoms with Crippen molar-refractivity contribution >= 4 is 17.3 Å². The van der Waals surface area contributed by atoms with E-state index in [0.717, 1.165) is 10.6 Å². The van der Waals surface area contributed by atoms with Gasteiger partial charge in [0.25, 0.3) is 0 Å². The van der Waals surface area contributed by atoms with Crippen molar-refractivity contribution in [1.82, 2.24) is 4.98 Å². The van der Waals surface area contributed by atoms with Gasteiger partial charge in [0.1, 0.15) is 16.0 Å². The van der Waals surface area contributed by atoms with Gasteiger partial charge < -0.3 is 9.47 Å².